The third-order valence-electron chi connectivity index (χ3n) is 25.8. The van der Waals surface area contributed by atoms with E-state index in [0.29, 0.717) is 23.4 Å². The highest BCUT2D eigenvalue weighted by Gasteiger charge is 2.24. The van der Waals surface area contributed by atoms with Gasteiger partial charge in [-0.3, -0.25) is 0 Å². The Morgan fingerprint density at radius 2 is 0.538 bits per heavy atom. The van der Waals surface area contributed by atoms with E-state index in [0.717, 1.165) is 93.1 Å². The van der Waals surface area contributed by atoms with Gasteiger partial charge in [-0.15, -0.1) is 22.7 Å². The summed E-state index contributed by atoms with van der Waals surface area (Å²) in [5, 5.41) is 24.0. The molecule has 0 atom stereocenters. The molecular formula is C120H73N9OS2. The molecule has 0 spiro atoms. The normalized spacial score (nSPS) is 11.8. The third kappa shape index (κ3) is 13.0. The topological polar surface area (TPSA) is 105 Å². The average molecular weight is 1720 g/mol. The summed E-state index contributed by atoms with van der Waals surface area (Å²) in [5.41, 5.74) is 23.1. The van der Waals surface area contributed by atoms with E-state index in [9.17, 15) is 0 Å². The van der Waals surface area contributed by atoms with Gasteiger partial charge in [0.1, 0.15) is 15.5 Å². The van der Waals surface area contributed by atoms with Crippen LogP contribution >= 0.6 is 22.7 Å². The molecule has 0 N–H and O–H groups in total. The number of hydrogen-bond donors (Lipinski definition) is 0. The van der Waals surface area contributed by atoms with Crippen molar-refractivity contribution >= 4 is 184 Å². The lowest BCUT2D eigenvalue weighted by atomic mass is 9.96. The summed E-state index contributed by atoms with van der Waals surface area (Å²) < 4.78 is 16.1. The van der Waals surface area contributed by atoms with E-state index >= 15 is 0 Å². The maximum Gasteiger partial charge on any atom is 0.227 e. The molecule has 0 amide bonds. The molecule has 21 aromatic carbocycles. The summed E-state index contributed by atoms with van der Waals surface area (Å²) in [6.07, 6.45) is 0. The van der Waals surface area contributed by atoms with Crippen LogP contribution in [0.2, 0.25) is 0 Å². The van der Waals surface area contributed by atoms with Crippen molar-refractivity contribution in [3.63, 3.8) is 0 Å². The Hall–Kier alpha value is -17.2. The maximum atomic E-state index is 6.40. The van der Waals surface area contributed by atoms with Crippen molar-refractivity contribution in [1.29, 1.82) is 0 Å². The highest BCUT2D eigenvalue weighted by Crippen LogP contribution is 2.47. The van der Waals surface area contributed by atoms with Crippen LogP contribution in [0, 0.1) is 0 Å². The minimum absolute atomic E-state index is 0.648. The number of thiazole rings is 2. The zero-order valence-electron chi connectivity index (χ0n) is 70.9. The van der Waals surface area contributed by atoms with Crippen molar-refractivity contribution in [2.24, 2.45) is 0 Å². The van der Waals surface area contributed by atoms with E-state index < -0.39 is 0 Å². The van der Waals surface area contributed by atoms with Crippen LogP contribution in [-0.4, -0.2) is 43.6 Å². The third-order valence-corrected chi connectivity index (χ3v) is 28.1. The maximum absolute atomic E-state index is 6.40. The number of oxazole rings is 1. The summed E-state index contributed by atoms with van der Waals surface area (Å²) >= 11 is 3.53. The molecule has 7 heterocycles. The molecule has 28 rings (SSSR count). The molecule has 12 heteroatoms. The second-order valence-corrected chi connectivity index (χ2v) is 35.5. The zero-order chi connectivity index (χ0) is 86.9. The van der Waals surface area contributed by atoms with Crippen LogP contribution in [0.5, 0.6) is 0 Å². The smallest absolute Gasteiger partial charge is 0.227 e. The van der Waals surface area contributed by atoms with Crippen LogP contribution in [0.4, 0.5) is 0 Å². The van der Waals surface area contributed by atoms with Gasteiger partial charge in [-0.1, -0.05) is 322 Å². The van der Waals surface area contributed by atoms with Gasteiger partial charge in [0.15, 0.2) is 23.1 Å². The van der Waals surface area contributed by atoms with E-state index in [1.807, 2.05) is 97.1 Å². The van der Waals surface area contributed by atoms with Gasteiger partial charge in [0.05, 0.1) is 53.5 Å². The lowest BCUT2D eigenvalue weighted by Gasteiger charge is -2.12. The highest BCUT2D eigenvalue weighted by molar-refractivity contribution is 7.23. The molecule has 0 aliphatic heterocycles. The van der Waals surface area contributed by atoms with Crippen LogP contribution in [-0.2, 0) is 0 Å². The number of benzene rings is 21. The largest absolute Gasteiger partial charge is 0.435 e. The predicted molar refractivity (Wildman–Crippen MR) is 553 cm³/mol. The summed E-state index contributed by atoms with van der Waals surface area (Å²) in [7, 11) is 0. The first kappa shape index (κ1) is 76.1. The molecule has 132 heavy (non-hydrogen) atoms. The molecule has 0 radical (unpaired) electrons. The van der Waals surface area contributed by atoms with Crippen LogP contribution < -0.4 is 0 Å². The molecule has 7 aromatic heterocycles. The van der Waals surface area contributed by atoms with E-state index in [1.165, 1.54) is 140 Å². The highest BCUT2D eigenvalue weighted by atomic mass is 32.1. The van der Waals surface area contributed by atoms with E-state index in [4.69, 9.17) is 34.3 Å². The zero-order valence-corrected chi connectivity index (χ0v) is 72.5. The van der Waals surface area contributed by atoms with Gasteiger partial charge in [0, 0.05) is 98.9 Å². The first-order chi connectivity index (χ1) is 65.4. The van der Waals surface area contributed by atoms with Gasteiger partial charge in [0.25, 0.3) is 0 Å². The van der Waals surface area contributed by atoms with Crippen molar-refractivity contribution in [2.45, 2.75) is 0 Å². The number of rotatable bonds is 10. The number of aromatic nitrogens is 9. The number of nitrogens with zero attached hydrogens (tertiary/aromatic N) is 9. The first-order valence-corrected chi connectivity index (χ1v) is 46.0. The van der Waals surface area contributed by atoms with Gasteiger partial charge >= 0.3 is 0 Å². The van der Waals surface area contributed by atoms with Crippen LogP contribution in [0.1, 0.15) is 0 Å². The van der Waals surface area contributed by atoms with E-state index in [-0.39, 0.29) is 0 Å². The van der Waals surface area contributed by atoms with Gasteiger partial charge in [-0.2, -0.15) is 0 Å². The van der Waals surface area contributed by atoms with E-state index in [2.05, 4.69) is 359 Å². The molecular weight excluding hydrogens is 1650 g/mol. The first-order valence-electron chi connectivity index (χ1n) is 44.3. The summed E-state index contributed by atoms with van der Waals surface area (Å²) in [4.78, 5) is 29.5. The fraction of sp³-hybridized carbons (Fsp3) is 0. The number of para-hydroxylation sites is 5. The summed E-state index contributed by atoms with van der Waals surface area (Å²) in [6, 6.07) is 157. The standard InChI is InChI=1S/C45H27N3S.C39H24N2O.C36H22N4S/c1-3-11-29(12-4-1)45-46-38-24-21-28-19-20-30-25-32(22-23-33(30)43(28)44(38)49-45)48-40-18-10-8-16-35(40)37-26-36-34-15-7-9-17-39(34)47(41(36)27-42(37)48)31-13-5-2-6-14-31;1-3-9-26(10-4-1)39-40-34-21-18-25-15-16-29-23-27(17-20-31(29)37(25)38(34)42-39)28-19-22-36-33(24-28)32-13-7-8-14-35(32)41(36)30-11-5-2-6-12-30;1-4-10-24(11-5-1)33-38-34(25-12-6-2-7-13-25)40-35(39-33)28-18-20-29-27(22-28)17-16-23-19-21-30-32(31(23)29)41-36(37-30)26-14-8-3-9-15-26/h1-27H;1-24H;1-22H. The molecule has 0 aliphatic rings. The summed E-state index contributed by atoms with van der Waals surface area (Å²) in [6.45, 7) is 0. The van der Waals surface area contributed by atoms with Crippen molar-refractivity contribution in [2.75, 3.05) is 0 Å². The van der Waals surface area contributed by atoms with Crippen molar-refractivity contribution in [3.8, 4) is 94.9 Å². The Kier molecular flexibility index (Phi) is 18.1. The predicted octanol–water partition coefficient (Wildman–Crippen LogP) is 32.5. The Labute approximate surface area is 764 Å². The molecule has 0 aliphatic carbocycles. The molecule has 0 saturated carbocycles. The van der Waals surface area contributed by atoms with Gasteiger partial charge in [-0.25, -0.2) is 29.9 Å². The molecule has 0 unspecified atom stereocenters. The lowest BCUT2D eigenvalue weighted by Crippen LogP contribution is -2.00. The Morgan fingerprint density at radius 1 is 0.189 bits per heavy atom. The van der Waals surface area contributed by atoms with Crippen molar-refractivity contribution < 1.29 is 4.42 Å². The second-order valence-electron chi connectivity index (χ2n) is 33.6. The Balaban J connectivity index is 0.000000104. The molecule has 0 fully saturated rings. The van der Waals surface area contributed by atoms with Crippen LogP contribution in [0.15, 0.2) is 447 Å². The lowest BCUT2D eigenvalue weighted by molar-refractivity contribution is 0.623. The minimum Gasteiger partial charge on any atom is -0.435 e. The summed E-state index contributed by atoms with van der Waals surface area (Å²) in [5.74, 6) is 2.62. The Bertz CT molecular complexity index is 9400. The fourth-order valence-electron chi connectivity index (χ4n) is 19.7. The minimum atomic E-state index is 0.648. The number of fused-ring (bicyclic) bond motifs is 24. The van der Waals surface area contributed by atoms with Crippen LogP contribution in [0.3, 0.4) is 0 Å². The monoisotopic (exact) mass is 1720 g/mol. The Morgan fingerprint density at radius 3 is 1.05 bits per heavy atom. The molecule has 10 nitrogen and oxygen atoms in total. The van der Waals surface area contributed by atoms with E-state index in [1.54, 1.807) is 22.7 Å². The van der Waals surface area contributed by atoms with Crippen molar-refractivity contribution in [1.82, 2.24) is 43.6 Å². The van der Waals surface area contributed by atoms with Gasteiger partial charge in [0.2, 0.25) is 5.89 Å². The van der Waals surface area contributed by atoms with Gasteiger partial charge in [-0.05, 0) is 181 Å². The SMILES string of the molecule is c1ccc(-c2nc(-c3ccccc3)nc(-c3ccc4c(ccc5ccc6nc(-c7ccccc7)sc6c54)c3)n2)cc1.c1ccc(-c2nc3ccc4ccc5cc(-c6ccc7c(c6)c6ccccc6n7-c6ccccc6)ccc5c4c3o2)cc1.c1ccc(-c2nc3ccc4ccc5cc(-n6c7ccccc7c7cc8c9ccccc9n(-c9ccccc9)c8cc76)ccc5c4c3s2)cc1. The quantitative estimate of drug-likeness (QED) is 0.126. The second kappa shape index (κ2) is 31.4. The molecule has 0 saturated heterocycles. The van der Waals surface area contributed by atoms with Crippen molar-refractivity contribution in [3.05, 3.63) is 443 Å². The molecule has 28 aromatic rings. The van der Waals surface area contributed by atoms with Gasteiger partial charge < -0.3 is 18.1 Å². The fourth-order valence-corrected chi connectivity index (χ4v) is 21.9. The molecule has 0 bridgehead atoms. The average Bonchev–Trinajstić information content (AvgIpc) is 1.56. The number of hydrogen-bond acceptors (Lipinski definition) is 9. The van der Waals surface area contributed by atoms with Crippen LogP contribution in [0.25, 0.3) is 257 Å². The molecule has 616 valence electrons.